The fourth-order valence-corrected chi connectivity index (χ4v) is 7.19. The molecule has 4 aromatic rings. The Bertz CT molecular complexity index is 1780. The molecule has 0 saturated carbocycles. The molecule has 208 valence electrons. The molecule has 1 fully saturated rings. The molecular formula is C24H20ClN5O7S3. The van der Waals surface area contributed by atoms with Crippen LogP contribution in [0.5, 0.6) is 0 Å². The van der Waals surface area contributed by atoms with E-state index in [1.54, 1.807) is 38.1 Å². The number of carboxylic acid groups (broad SMARTS) is 1. The number of hydrogen-bond acceptors (Lipinski definition) is 11. The molecule has 2 N–H and O–H groups in total. The predicted octanol–water partition coefficient (Wildman–Crippen LogP) is 4.01. The number of carbonyl (C=O) groups excluding carboxylic acids is 1. The fraction of sp³-hybridized carbons (Fsp3) is 0.292. The summed E-state index contributed by atoms with van der Waals surface area (Å²) in [7, 11) is -3.50. The molecule has 0 aliphatic carbocycles. The van der Waals surface area contributed by atoms with Crippen LogP contribution in [0.25, 0.3) is 9.66 Å². The highest BCUT2D eigenvalue weighted by molar-refractivity contribution is 7.88. The summed E-state index contributed by atoms with van der Waals surface area (Å²) in [5.41, 5.74) is -0.351. The summed E-state index contributed by atoms with van der Waals surface area (Å²) in [6.45, 7) is 2.94. The van der Waals surface area contributed by atoms with E-state index in [4.69, 9.17) is 20.9 Å². The highest BCUT2D eigenvalue weighted by atomic mass is 35.5. The number of ether oxygens (including phenoxy) is 1. The molecule has 12 nitrogen and oxygen atoms in total. The van der Waals surface area contributed by atoms with Crippen LogP contribution in [-0.2, 0) is 25.0 Å². The number of aromatic nitrogens is 3. The number of halogens is 1. The summed E-state index contributed by atoms with van der Waals surface area (Å²) in [4.78, 5) is 34.4. The van der Waals surface area contributed by atoms with Crippen LogP contribution in [0.1, 0.15) is 40.1 Å². The van der Waals surface area contributed by atoms with Gasteiger partial charge < -0.3 is 14.4 Å². The number of sulfonamides is 1. The molecule has 0 bridgehead atoms. The van der Waals surface area contributed by atoms with Crippen LogP contribution in [0.2, 0.25) is 5.02 Å². The number of aliphatic carboxylic acids is 1. The zero-order chi connectivity index (χ0) is 28.8. The van der Waals surface area contributed by atoms with Crippen molar-refractivity contribution in [1.82, 2.24) is 19.4 Å². The molecule has 4 heterocycles. The van der Waals surface area contributed by atoms with Gasteiger partial charge in [-0.15, -0.1) is 0 Å². The molecule has 3 aromatic heterocycles. The molecule has 16 heteroatoms. The number of anilines is 1. The van der Waals surface area contributed by atoms with E-state index in [2.05, 4.69) is 32.3 Å². The molecule has 1 aliphatic heterocycles. The predicted molar refractivity (Wildman–Crippen MR) is 148 cm³/mol. The number of aryl methyl sites for hydroxylation is 1. The van der Waals surface area contributed by atoms with Crippen LogP contribution in [0, 0.1) is 18.8 Å². The molecule has 1 atom stereocenters. The lowest BCUT2D eigenvalue weighted by Gasteiger charge is -2.43. The Kier molecular flexibility index (Phi) is 7.31. The summed E-state index contributed by atoms with van der Waals surface area (Å²) >= 11 is 8.41. The molecule has 40 heavy (non-hydrogen) atoms. The Hall–Kier alpha value is -3.55. The summed E-state index contributed by atoms with van der Waals surface area (Å²) in [6, 6.07) is 7.03. The third-order valence-corrected chi connectivity index (χ3v) is 9.85. The first kappa shape index (κ1) is 28.0. The monoisotopic (exact) mass is 621 g/mol. The zero-order valence-electron chi connectivity index (χ0n) is 21.1. The van der Waals surface area contributed by atoms with Crippen molar-refractivity contribution in [3.8, 4) is 11.8 Å². The van der Waals surface area contributed by atoms with Crippen molar-refractivity contribution >= 4 is 71.7 Å². The second-order valence-corrected chi connectivity index (χ2v) is 13.3. The third kappa shape index (κ3) is 5.28. The van der Waals surface area contributed by atoms with Crippen molar-refractivity contribution in [3.05, 3.63) is 56.3 Å². The van der Waals surface area contributed by atoms with Gasteiger partial charge in [0.25, 0.3) is 0 Å². The average Bonchev–Trinajstić information content (AvgIpc) is 3.50. The highest BCUT2D eigenvalue weighted by Gasteiger charge is 2.56. The molecule has 1 amide bonds. The fourth-order valence-electron chi connectivity index (χ4n) is 3.93. The number of thiazole rings is 2. The van der Waals surface area contributed by atoms with Crippen molar-refractivity contribution in [2.24, 2.45) is 0 Å². The first-order chi connectivity index (χ1) is 18.9. The molecule has 1 unspecified atom stereocenters. The Morgan fingerprint density at radius 1 is 1.23 bits per heavy atom. The minimum absolute atomic E-state index is 0.159. The third-order valence-electron chi connectivity index (χ3n) is 6.16. The number of nitrogens with zero attached hydrogens (tertiary/aromatic N) is 4. The van der Waals surface area contributed by atoms with E-state index in [0.29, 0.717) is 31.0 Å². The van der Waals surface area contributed by atoms with E-state index in [9.17, 15) is 23.1 Å². The molecule has 0 spiro atoms. The van der Waals surface area contributed by atoms with Gasteiger partial charge in [0.05, 0.1) is 6.26 Å². The number of amides is 1. The number of hydrogen-bond donors (Lipinski definition) is 2. The average molecular weight is 622 g/mol. The van der Waals surface area contributed by atoms with E-state index in [1.165, 1.54) is 0 Å². The number of carbonyl (C=O) groups is 2. The van der Waals surface area contributed by atoms with Gasteiger partial charge in [0.1, 0.15) is 22.2 Å². The van der Waals surface area contributed by atoms with Gasteiger partial charge in [-0.2, -0.15) is 4.31 Å². The van der Waals surface area contributed by atoms with Crippen molar-refractivity contribution < 1.29 is 32.4 Å². The van der Waals surface area contributed by atoms with Gasteiger partial charge in [-0.3, -0.25) is 10.1 Å². The standard InChI is InChI=1S/C24H20ClN5O7S3/c1-12(14-6-4-5-7-15(14)25)36-23(33)27-18-13(2)37-29-16(18)8-9-17-26-19-20(38-17)28-21(39-19)24(22(31)32)10-30(11-24)40(3,34)35/h4-7,12H,10-11H2,1-3H3,(H,27,33)(H,31,32). The molecule has 0 radical (unpaired) electrons. The van der Waals surface area contributed by atoms with E-state index >= 15 is 0 Å². The molecule has 1 saturated heterocycles. The first-order valence-electron chi connectivity index (χ1n) is 11.5. The van der Waals surface area contributed by atoms with E-state index in [1.807, 2.05) is 0 Å². The van der Waals surface area contributed by atoms with Gasteiger partial charge in [0, 0.05) is 23.7 Å². The number of fused-ring (bicyclic) bond motifs is 1. The second-order valence-electron chi connectivity index (χ2n) is 8.97. The Labute approximate surface area is 241 Å². The summed E-state index contributed by atoms with van der Waals surface area (Å²) in [5.74, 6) is 4.86. The second kappa shape index (κ2) is 10.5. The zero-order valence-corrected chi connectivity index (χ0v) is 24.3. The SMILES string of the molecule is Cc1onc(C#Cc2nc3sc(C4(C(=O)O)CN(S(C)(=O)=O)C4)nc3s2)c1NC(=O)OC(C)c1ccccc1Cl. The Balaban J connectivity index is 1.31. The minimum atomic E-state index is -3.50. The van der Waals surface area contributed by atoms with Crippen LogP contribution in [0.4, 0.5) is 10.5 Å². The number of carboxylic acids is 1. The lowest BCUT2D eigenvalue weighted by Crippen LogP contribution is -2.64. The Morgan fingerprint density at radius 2 is 1.93 bits per heavy atom. The first-order valence-corrected chi connectivity index (χ1v) is 15.4. The van der Waals surface area contributed by atoms with Crippen LogP contribution in [-0.4, -0.2) is 64.4 Å². The van der Waals surface area contributed by atoms with Crippen molar-refractivity contribution in [3.63, 3.8) is 0 Å². The summed E-state index contributed by atoms with van der Waals surface area (Å²) in [6.07, 6.45) is -0.322. The van der Waals surface area contributed by atoms with Gasteiger partial charge in [0.2, 0.25) is 10.0 Å². The minimum Gasteiger partial charge on any atom is -0.480 e. The maximum absolute atomic E-state index is 12.5. The van der Waals surface area contributed by atoms with Gasteiger partial charge in [-0.1, -0.05) is 57.6 Å². The van der Waals surface area contributed by atoms with Gasteiger partial charge in [-0.25, -0.2) is 23.2 Å². The van der Waals surface area contributed by atoms with E-state index < -0.39 is 33.6 Å². The Morgan fingerprint density at radius 3 is 2.58 bits per heavy atom. The van der Waals surface area contributed by atoms with E-state index in [-0.39, 0.29) is 29.5 Å². The van der Waals surface area contributed by atoms with Crippen LogP contribution < -0.4 is 5.32 Å². The van der Waals surface area contributed by atoms with Gasteiger partial charge >= 0.3 is 12.1 Å². The molecule has 1 aliphatic rings. The van der Waals surface area contributed by atoms with Crippen LogP contribution >= 0.6 is 34.3 Å². The van der Waals surface area contributed by atoms with Gasteiger partial charge in [0.15, 0.2) is 26.1 Å². The largest absolute Gasteiger partial charge is 0.480 e. The number of rotatable bonds is 6. The van der Waals surface area contributed by atoms with Crippen molar-refractivity contribution in [2.45, 2.75) is 25.4 Å². The van der Waals surface area contributed by atoms with Crippen LogP contribution in [0.3, 0.4) is 0 Å². The maximum atomic E-state index is 12.5. The van der Waals surface area contributed by atoms with Crippen LogP contribution in [0.15, 0.2) is 28.8 Å². The molecule has 5 rings (SSSR count). The lowest BCUT2D eigenvalue weighted by atomic mass is 9.82. The lowest BCUT2D eigenvalue weighted by molar-refractivity contribution is -0.148. The van der Waals surface area contributed by atoms with Crippen molar-refractivity contribution in [2.75, 3.05) is 24.7 Å². The number of nitrogens with one attached hydrogen (secondary N) is 1. The highest BCUT2D eigenvalue weighted by Crippen LogP contribution is 2.41. The van der Waals surface area contributed by atoms with Crippen molar-refractivity contribution in [1.29, 1.82) is 0 Å². The molecule has 1 aromatic carbocycles. The maximum Gasteiger partial charge on any atom is 0.412 e. The molecular weight excluding hydrogens is 602 g/mol. The smallest absolute Gasteiger partial charge is 0.412 e. The topological polar surface area (TPSA) is 165 Å². The normalized spacial score (nSPS) is 15.6. The summed E-state index contributed by atoms with van der Waals surface area (Å²) in [5, 5.41) is 17.5. The number of benzene rings is 1. The quantitative estimate of drug-likeness (QED) is 0.300. The van der Waals surface area contributed by atoms with Gasteiger partial charge in [-0.05, 0) is 31.8 Å². The van der Waals surface area contributed by atoms with E-state index in [0.717, 1.165) is 33.2 Å². The summed E-state index contributed by atoms with van der Waals surface area (Å²) < 4.78 is 35.2.